The van der Waals surface area contributed by atoms with Crippen molar-refractivity contribution in [2.24, 2.45) is 0 Å². The van der Waals surface area contributed by atoms with Gasteiger partial charge >= 0.3 is 0 Å². The Morgan fingerprint density at radius 3 is 2.68 bits per heavy atom. The number of amides is 1. The van der Waals surface area contributed by atoms with E-state index in [1.165, 1.54) is 12.8 Å². The smallest absolute Gasteiger partial charge is 0.291 e. The molecule has 1 aromatic heterocycles. The molecule has 0 spiro atoms. The lowest BCUT2D eigenvalue weighted by Gasteiger charge is -2.25. The molecule has 2 fully saturated rings. The monoisotopic (exact) mass is 263 g/mol. The molecule has 5 heteroatoms. The van der Waals surface area contributed by atoms with Gasteiger partial charge in [-0.25, -0.2) is 4.98 Å². The Balaban J connectivity index is 1.79. The Morgan fingerprint density at radius 2 is 2.00 bits per heavy atom. The van der Waals surface area contributed by atoms with Crippen LogP contribution in [0.15, 0.2) is 4.42 Å². The zero-order chi connectivity index (χ0) is 13.6. The largest absolute Gasteiger partial charge is 0.436 e. The van der Waals surface area contributed by atoms with Crippen LogP contribution in [0.2, 0.25) is 0 Å². The van der Waals surface area contributed by atoms with Gasteiger partial charge in [-0.05, 0) is 33.2 Å². The molecule has 1 amide bonds. The number of carbonyl (C=O) groups excluding carboxylic acids is 1. The van der Waals surface area contributed by atoms with Crippen LogP contribution in [0.4, 0.5) is 0 Å². The average molecular weight is 263 g/mol. The molecule has 0 aromatic carbocycles. The zero-order valence-corrected chi connectivity index (χ0v) is 11.8. The lowest BCUT2D eigenvalue weighted by molar-refractivity contribution is 0.0706. The van der Waals surface area contributed by atoms with Crippen LogP contribution in [0.25, 0.3) is 0 Å². The molecule has 104 valence electrons. The third kappa shape index (κ3) is 2.16. The maximum Gasteiger partial charge on any atom is 0.291 e. The highest BCUT2D eigenvalue weighted by Gasteiger charge is 2.37. The lowest BCUT2D eigenvalue weighted by atomic mass is 10.1. The Bertz CT molecular complexity index is 497. The van der Waals surface area contributed by atoms with Crippen molar-refractivity contribution in [2.75, 3.05) is 20.1 Å². The van der Waals surface area contributed by atoms with Gasteiger partial charge in [0.15, 0.2) is 5.89 Å². The fraction of sp³-hybridized carbons (Fsp3) is 0.714. The van der Waals surface area contributed by atoms with E-state index in [4.69, 9.17) is 4.42 Å². The van der Waals surface area contributed by atoms with Crippen LogP contribution < -0.4 is 0 Å². The highest BCUT2D eigenvalue weighted by Crippen LogP contribution is 2.29. The van der Waals surface area contributed by atoms with Gasteiger partial charge in [-0.2, -0.15) is 0 Å². The van der Waals surface area contributed by atoms with Crippen LogP contribution in [-0.2, 0) is 0 Å². The minimum absolute atomic E-state index is 0.000880. The van der Waals surface area contributed by atoms with Crippen molar-refractivity contribution in [2.45, 2.75) is 45.2 Å². The standard InChI is InChI=1S/C14H21N3O2/c1-9-13(19-10(2)15-9)14(18)17-7-6-11-4-5-12(8-17)16(11)3/h11-12H,4-8H2,1-3H3. The van der Waals surface area contributed by atoms with Crippen molar-refractivity contribution in [1.29, 1.82) is 0 Å². The summed E-state index contributed by atoms with van der Waals surface area (Å²) >= 11 is 0. The Labute approximate surface area is 113 Å². The van der Waals surface area contributed by atoms with Gasteiger partial charge in [0.25, 0.3) is 5.91 Å². The molecular weight excluding hydrogens is 242 g/mol. The molecule has 0 N–H and O–H groups in total. The molecule has 2 unspecified atom stereocenters. The summed E-state index contributed by atoms with van der Waals surface area (Å²) in [6.07, 6.45) is 3.52. The van der Waals surface area contributed by atoms with Crippen LogP contribution in [0.5, 0.6) is 0 Å². The first-order chi connectivity index (χ1) is 9.06. The highest BCUT2D eigenvalue weighted by molar-refractivity contribution is 5.92. The number of carbonyl (C=O) groups is 1. The Kier molecular flexibility index (Phi) is 3.09. The van der Waals surface area contributed by atoms with Crippen molar-refractivity contribution in [3.63, 3.8) is 0 Å². The van der Waals surface area contributed by atoms with Crippen molar-refractivity contribution >= 4 is 5.91 Å². The summed E-state index contributed by atoms with van der Waals surface area (Å²) in [5, 5.41) is 0. The van der Waals surface area contributed by atoms with E-state index in [0.29, 0.717) is 29.4 Å². The summed E-state index contributed by atoms with van der Waals surface area (Å²) in [6.45, 7) is 5.25. The van der Waals surface area contributed by atoms with E-state index in [1.807, 2.05) is 11.8 Å². The number of aryl methyl sites for hydroxylation is 2. The fourth-order valence-electron chi connectivity index (χ4n) is 3.37. The number of rotatable bonds is 1. The van der Waals surface area contributed by atoms with Crippen molar-refractivity contribution in [3.8, 4) is 0 Å². The maximum atomic E-state index is 12.5. The number of nitrogens with zero attached hydrogens (tertiary/aromatic N) is 3. The number of oxazole rings is 1. The van der Waals surface area contributed by atoms with Crippen molar-refractivity contribution in [1.82, 2.24) is 14.8 Å². The van der Waals surface area contributed by atoms with Crippen molar-refractivity contribution < 1.29 is 9.21 Å². The van der Waals surface area contributed by atoms with Crippen LogP contribution in [0, 0.1) is 13.8 Å². The average Bonchev–Trinajstić information content (AvgIpc) is 2.79. The lowest BCUT2D eigenvalue weighted by Crippen LogP contribution is -2.39. The Hall–Kier alpha value is -1.36. The molecular formula is C14H21N3O2. The summed E-state index contributed by atoms with van der Waals surface area (Å²) < 4.78 is 5.46. The molecule has 2 bridgehead atoms. The predicted molar refractivity (Wildman–Crippen MR) is 71.1 cm³/mol. The third-order valence-electron chi connectivity index (χ3n) is 4.53. The number of hydrogen-bond acceptors (Lipinski definition) is 4. The first kappa shape index (κ1) is 12.7. The molecule has 3 rings (SSSR count). The van der Waals surface area contributed by atoms with E-state index in [1.54, 1.807) is 6.92 Å². The van der Waals surface area contributed by atoms with Gasteiger partial charge in [0.05, 0.1) is 5.69 Å². The zero-order valence-electron chi connectivity index (χ0n) is 11.8. The normalized spacial score (nSPS) is 27.6. The van der Waals surface area contributed by atoms with E-state index < -0.39 is 0 Å². The third-order valence-corrected chi connectivity index (χ3v) is 4.53. The topological polar surface area (TPSA) is 49.6 Å². The minimum atomic E-state index is -0.000880. The van der Waals surface area contributed by atoms with Gasteiger partial charge in [-0.15, -0.1) is 0 Å². The quantitative estimate of drug-likeness (QED) is 0.772. The van der Waals surface area contributed by atoms with E-state index >= 15 is 0 Å². The summed E-state index contributed by atoms with van der Waals surface area (Å²) in [5.41, 5.74) is 0.699. The molecule has 2 aliphatic rings. The van der Waals surface area contributed by atoms with Gasteiger partial charge in [0, 0.05) is 32.1 Å². The summed E-state index contributed by atoms with van der Waals surface area (Å²) in [5.74, 6) is 0.978. The number of likely N-dealkylation sites (tertiary alicyclic amines) is 1. The highest BCUT2D eigenvalue weighted by atomic mass is 16.4. The van der Waals surface area contributed by atoms with Gasteiger partial charge in [-0.1, -0.05) is 0 Å². The minimum Gasteiger partial charge on any atom is -0.436 e. The van der Waals surface area contributed by atoms with Gasteiger partial charge in [0.1, 0.15) is 0 Å². The maximum absolute atomic E-state index is 12.5. The summed E-state index contributed by atoms with van der Waals surface area (Å²) in [4.78, 5) is 21.1. The second-order valence-electron chi connectivity index (χ2n) is 5.74. The second-order valence-corrected chi connectivity index (χ2v) is 5.74. The molecule has 0 radical (unpaired) electrons. The first-order valence-corrected chi connectivity index (χ1v) is 7.01. The van der Waals surface area contributed by atoms with Crippen molar-refractivity contribution in [3.05, 3.63) is 17.3 Å². The molecule has 1 aromatic rings. The molecule has 0 aliphatic carbocycles. The second kappa shape index (κ2) is 4.63. The first-order valence-electron chi connectivity index (χ1n) is 7.01. The van der Waals surface area contributed by atoms with E-state index in [-0.39, 0.29) is 5.91 Å². The predicted octanol–water partition coefficient (Wildman–Crippen LogP) is 1.60. The molecule has 3 heterocycles. The molecule has 2 atom stereocenters. The number of hydrogen-bond donors (Lipinski definition) is 0. The Morgan fingerprint density at radius 1 is 1.26 bits per heavy atom. The van der Waals surface area contributed by atoms with E-state index in [0.717, 1.165) is 19.5 Å². The van der Waals surface area contributed by atoms with Crippen LogP contribution in [0.1, 0.15) is 41.4 Å². The molecule has 19 heavy (non-hydrogen) atoms. The van der Waals surface area contributed by atoms with Crippen LogP contribution in [-0.4, -0.2) is 52.9 Å². The number of fused-ring (bicyclic) bond motifs is 2. The van der Waals surface area contributed by atoms with E-state index in [2.05, 4.69) is 16.9 Å². The molecule has 2 saturated heterocycles. The van der Waals surface area contributed by atoms with Crippen LogP contribution in [0.3, 0.4) is 0 Å². The molecule has 2 aliphatic heterocycles. The van der Waals surface area contributed by atoms with Gasteiger partial charge < -0.3 is 9.32 Å². The fourth-order valence-corrected chi connectivity index (χ4v) is 3.37. The SMILES string of the molecule is Cc1nc(C)c(C(=O)N2CCC3CCC(C2)N3C)o1. The summed E-state index contributed by atoms with van der Waals surface area (Å²) in [6, 6.07) is 1.14. The number of likely N-dealkylation sites (N-methyl/N-ethyl adjacent to an activating group) is 1. The summed E-state index contributed by atoms with van der Waals surface area (Å²) in [7, 11) is 2.18. The van der Waals surface area contributed by atoms with Gasteiger partial charge in [0.2, 0.25) is 5.76 Å². The molecule has 0 saturated carbocycles. The van der Waals surface area contributed by atoms with E-state index in [9.17, 15) is 4.79 Å². The number of aromatic nitrogens is 1. The van der Waals surface area contributed by atoms with Gasteiger partial charge in [-0.3, -0.25) is 9.69 Å². The molecule has 5 nitrogen and oxygen atoms in total. The van der Waals surface area contributed by atoms with Crippen LogP contribution >= 0.6 is 0 Å².